The van der Waals surface area contributed by atoms with E-state index in [0.29, 0.717) is 18.3 Å². The zero-order valence-corrected chi connectivity index (χ0v) is 14.2. The molecular formula is C17H22N4OS. The molecule has 0 bridgehead atoms. The summed E-state index contributed by atoms with van der Waals surface area (Å²) in [5.74, 6) is 1.83. The van der Waals surface area contributed by atoms with Crippen molar-refractivity contribution in [2.24, 2.45) is 5.92 Å². The molecule has 1 amide bonds. The van der Waals surface area contributed by atoms with Crippen LogP contribution in [0.1, 0.15) is 47.0 Å². The highest BCUT2D eigenvalue weighted by atomic mass is 32.1. The molecule has 6 heteroatoms. The third kappa shape index (κ3) is 3.19. The van der Waals surface area contributed by atoms with Gasteiger partial charge in [-0.2, -0.15) is 0 Å². The maximum Gasteiger partial charge on any atom is 0.271 e. The smallest absolute Gasteiger partial charge is 0.271 e. The standard InChI is InChI=1S/C17H22N4OS/c1-12-16-19-15(17(22)18-9-14-3-2-8-23-14)11-21(16)7-6-20(12)10-13-4-5-13/h2-3,8,11-13H,4-7,9-10H2,1H3,(H,18,22)/t12-/m0/s1. The number of fused-ring (bicyclic) bond motifs is 1. The zero-order chi connectivity index (χ0) is 15.8. The van der Waals surface area contributed by atoms with Crippen LogP contribution in [0.2, 0.25) is 0 Å². The lowest BCUT2D eigenvalue weighted by Crippen LogP contribution is -2.38. The molecule has 122 valence electrons. The number of amides is 1. The molecule has 3 heterocycles. The fourth-order valence-electron chi connectivity index (χ4n) is 3.20. The number of carbonyl (C=O) groups excluding carboxylic acids is 1. The highest BCUT2D eigenvalue weighted by Crippen LogP contribution is 2.33. The van der Waals surface area contributed by atoms with E-state index in [0.717, 1.165) is 29.7 Å². The average molecular weight is 330 g/mol. The number of thiophene rings is 1. The Morgan fingerprint density at radius 1 is 1.43 bits per heavy atom. The van der Waals surface area contributed by atoms with Gasteiger partial charge in [-0.3, -0.25) is 9.69 Å². The Bertz CT molecular complexity index is 690. The monoisotopic (exact) mass is 330 g/mol. The Labute approximate surface area is 140 Å². The van der Waals surface area contributed by atoms with Crippen molar-refractivity contribution in [3.63, 3.8) is 0 Å². The summed E-state index contributed by atoms with van der Waals surface area (Å²) in [7, 11) is 0. The van der Waals surface area contributed by atoms with Crippen molar-refractivity contribution in [3.05, 3.63) is 40.1 Å². The number of carbonyl (C=O) groups is 1. The minimum atomic E-state index is -0.0822. The van der Waals surface area contributed by atoms with E-state index in [1.165, 1.54) is 19.4 Å². The maximum atomic E-state index is 12.3. The van der Waals surface area contributed by atoms with Crippen LogP contribution in [0.4, 0.5) is 0 Å². The predicted octanol–water partition coefficient (Wildman–Crippen LogP) is 2.66. The molecule has 1 saturated carbocycles. The van der Waals surface area contributed by atoms with Crippen LogP contribution in [0.25, 0.3) is 0 Å². The number of hydrogen-bond acceptors (Lipinski definition) is 4. The van der Waals surface area contributed by atoms with Gasteiger partial charge in [-0.05, 0) is 37.1 Å². The second kappa shape index (κ2) is 6.09. The number of imidazole rings is 1. The fourth-order valence-corrected chi connectivity index (χ4v) is 3.84. The van der Waals surface area contributed by atoms with Crippen LogP contribution < -0.4 is 5.32 Å². The zero-order valence-electron chi connectivity index (χ0n) is 13.4. The first kappa shape index (κ1) is 14.9. The minimum absolute atomic E-state index is 0.0822. The van der Waals surface area contributed by atoms with E-state index in [1.807, 2.05) is 23.7 Å². The minimum Gasteiger partial charge on any atom is -0.346 e. The van der Waals surface area contributed by atoms with Crippen LogP contribution in [-0.2, 0) is 13.1 Å². The molecule has 0 saturated heterocycles. The summed E-state index contributed by atoms with van der Waals surface area (Å²) in [6, 6.07) is 4.32. The van der Waals surface area contributed by atoms with Crippen molar-refractivity contribution in [1.82, 2.24) is 19.8 Å². The molecule has 1 atom stereocenters. The van der Waals surface area contributed by atoms with Crippen LogP contribution in [-0.4, -0.2) is 33.4 Å². The van der Waals surface area contributed by atoms with Gasteiger partial charge < -0.3 is 9.88 Å². The molecule has 0 radical (unpaired) electrons. The molecule has 0 aromatic carbocycles. The molecule has 2 aliphatic rings. The summed E-state index contributed by atoms with van der Waals surface area (Å²) in [4.78, 5) is 20.6. The molecular weight excluding hydrogens is 308 g/mol. The highest BCUT2D eigenvalue weighted by molar-refractivity contribution is 7.09. The number of hydrogen-bond donors (Lipinski definition) is 1. The van der Waals surface area contributed by atoms with Gasteiger partial charge in [0.1, 0.15) is 11.5 Å². The lowest BCUT2D eigenvalue weighted by atomic mass is 10.2. The Hall–Kier alpha value is -1.66. The summed E-state index contributed by atoms with van der Waals surface area (Å²) in [6.45, 7) is 5.93. The van der Waals surface area contributed by atoms with E-state index in [9.17, 15) is 4.79 Å². The average Bonchev–Trinajstić information content (AvgIpc) is 3.04. The molecule has 5 nitrogen and oxygen atoms in total. The molecule has 0 unspecified atom stereocenters. The van der Waals surface area contributed by atoms with E-state index in [4.69, 9.17) is 0 Å². The van der Waals surface area contributed by atoms with Gasteiger partial charge in [0.25, 0.3) is 5.91 Å². The van der Waals surface area contributed by atoms with Crippen molar-refractivity contribution in [2.75, 3.05) is 13.1 Å². The fraction of sp³-hybridized carbons (Fsp3) is 0.529. The third-order valence-corrected chi connectivity index (χ3v) is 5.66. The summed E-state index contributed by atoms with van der Waals surface area (Å²) < 4.78 is 2.15. The SMILES string of the molecule is C[C@H]1c2nc(C(=O)NCc3cccs3)cn2CCN1CC1CC1. The van der Waals surface area contributed by atoms with E-state index in [2.05, 4.69) is 26.7 Å². The van der Waals surface area contributed by atoms with Gasteiger partial charge in [0, 0.05) is 30.7 Å². The third-order valence-electron chi connectivity index (χ3n) is 4.78. The Morgan fingerprint density at radius 3 is 3.04 bits per heavy atom. The summed E-state index contributed by atoms with van der Waals surface area (Å²) in [5.41, 5.74) is 0.539. The Balaban J connectivity index is 1.43. The second-order valence-corrected chi connectivity index (χ2v) is 7.59. The van der Waals surface area contributed by atoms with Gasteiger partial charge in [0.15, 0.2) is 0 Å². The first-order chi connectivity index (χ1) is 11.2. The van der Waals surface area contributed by atoms with Gasteiger partial charge in [-0.25, -0.2) is 4.98 Å². The summed E-state index contributed by atoms with van der Waals surface area (Å²) >= 11 is 1.65. The normalized spacial score (nSPS) is 21.2. The first-order valence-electron chi connectivity index (χ1n) is 8.32. The van der Waals surface area contributed by atoms with E-state index in [1.54, 1.807) is 11.3 Å². The molecule has 23 heavy (non-hydrogen) atoms. The van der Waals surface area contributed by atoms with Gasteiger partial charge in [0.2, 0.25) is 0 Å². The maximum absolute atomic E-state index is 12.3. The van der Waals surface area contributed by atoms with Gasteiger partial charge in [-0.1, -0.05) is 6.07 Å². The van der Waals surface area contributed by atoms with Gasteiger partial charge in [0.05, 0.1) is 12.6 Å². The van der Waals surface area contributed by atoms with Crippen LogP contribution in [0.3, 0.4) is 0 Å². The van der Waals surface area contributed by atoms with Crippen LogP contribution in [0.5, 0.6) is 0 Å². The summed E-state index contributed by atoms with van der Waals surface area (Å²) in [5, 5.41) is 4.98. The predicted molar refractivity (Wildman–Crippen MR) is 90.4 cm³/mol. The molecule has 1 aliphatic carbocycles. The van der Waals surface area contributed by atoms with Crippen molar-refractivity contribution in [3.8, 4) is 0 Å². The molecule has 1 N–H and O–H groups in total. The van der Waals surface area contributed by atoms with Crippen molar-refractivity contribution in [2.45, 2.75) is 38.9 Å². The molecule has 2 aromatic rings. The van der Waals surface area contributed by atoms with E-state index in [-0.39, 0.29) is 5.91 Å². The lowest BCUT2D eigenvalue weighted by molar-refractivity contribution is 0.0946. The number of nitrogens with one attached hydrogen (secondary N) is 1. The van der Waals surface area contributed by atoms with E-state index >= 15 is 0 Å². The number of rotatable bonds is 5. The van der Waals surface area contributed by atoms with Crippen molar-refractivity contribution < 1.29 is 4.79 Å². The quantitative estimate of drug-likeness (QED) is 0.917. The van der Waals surface area contributed by atoms with Crippen LogP contribution >= 0.6 is 11.3 Å². The number of aromatic nitrogens is 2. The highest BCUT2D eigenvalue weighted by Gasteiger charge is 2.32. The molecule has 4 rings (SSSR count). The number of nitrogens with zero attached hydrogens (tertiary/aromatic N) is 3. The Morgan fingerprint density at radius 2 is 2.30 bits per heavy atom. The topological polar surface area (TPSA) is 50.2 Å². The lowest BCUT2D eigenvalue weighted by Gasteiger charge is -2.33. The summed E-state index contributed by atoms with van der Waals surface area (Å²) in [6.07, 6.45) is 4.64. The molecule has 1 fully saturated rings. The largest absolute Gasteiger partial charge is 0.346 e. The van der Waals surface area contributed by atoms with Gasteiger partial charge in [-0.15, -0.1) is 11.3 Å². The molecule has 2 aromatic heterocycles. The first-order valence-corrected chi connectivity index (χ1v) is 9.20. The van der Waals surface area contributed by atoms with E-state index < -0.39 is 0 Å². The van der Waals surface area contributed by atoms with Crippen LogP contribution in [0, 0.1) is 5.92 Å². The van der Waals surface area contributed by atoms with Crippen molar-refractivity contribution >= 4 is 17.2 Å². The molecule has 1 aliphatic heterocycles. The Kier molecular flexibility index (Phi) is 3.95. The molecule has 0 spiro atoms. The van der Waals surface area contributed by atoms with Gasteiger partial charge >= 0.3 is 0 Å². The second-order valence-electron chi connectivity index (χ2n) is 6.55. The van der Waals surface area contributed by atoms with Crippen LogP contribution in [0.15, 0.2) is 23.7 Å². The van der Waals surface area contributed by atoms with Crippen molar-refractivity contribution in [1.29, 1.82) is 0 Å².